The fourth-order valence-corrected chi connectivity index (χ4v) is 0.0805. The summed E-state index contributed by atoms with van der Waals surface area (Å²) in [5.41, 5.74) is 0. The number of hydrogen-bond acceptors (Lipinski definition) is 6. The van der Waals surface area contributed by atoms with Gasteiger partial charge >= 0.3 is 0 Å². The standard InChI is InChI=1S/CH5N3O3/c1-7-4(6)3(2)5/h2H2,1H3/q-2. The van der Waals surface area contributed by atoms with Crippen molar-refractivity contribution >= 4 is 0 Å². The summed E-state index contributed by atoms with van der Waals surface area (Å²) in [7, 11) is 1.03. The lowest BCUT2D eigenvalue weighted by atomic mass is 11.7. The smallest absolute Gasteiger partial charge is 0.0579 e. The van der Waals surface area contributed by atoms with Crippen LogP contribution in [0.5, 0.6) is 0 Å². The molecule has 0 spiro atoms. The van der Waals surface area contributed by atoms with E-state index < -0.39 is 10.6 Å². The van der Waals surface area contributed by atoms with Gasteiger partial charge in [0.15, 0.2) is 0 Å². The van der Waals surface area contributed by atoms with Gasteiger partial charge in [-0.05, 0) is 0 Å². The van der Waals surface area contributed by atoms with Gasteiger partial charge in [-0.1, -0.05) is 0 Å². The first-order valence-corrected chi connectivity index (χ1v) is 1.41. The van der Waals surface area contributed by atoms with Crippen molar-refractivity contribution < 1.29 is 4.84 Å². The lowest BCUT2D eigenvalue weighted by molar-refractivity contribution is -0.212. The number of nitrogens with two attached hydrogens (primary N) is 1. The number of hydrazine groups is 2. The predicted octanol–water partition coefficient (Wildman–Crippen LogP) is -1.06. The van der Waals surface area contributed by atoms with Crippen LogP contribution in [0.3, 0.4) is 0 Å². The van der Waals surface area contributed by atoms with Gasteiger partial charge in [-0.15, -0.1) is 0 Å². The van der Waals surface area contributed by atoms with E-state index in [0.717, 1.165) is 7.11 Å². The van der Waals surface area contributed by atoms with Crippen LogP contribution in [0.1, 0.15) is 0 Å². The van der Waals surface area contributed by atoms with Gasteiger partial charge in [-0.2, -0.15) is 5.34 Å². The van der Waals surface area contributed by atoms with Crippen LogP contribution >= 0.6 is 0 Å². The van der Waals surface area contributed by atoms with E-state index >= 15 is 0 Å². The number of rotatable bonds is 2. The van der Waals surface area contributed by atoms with E-state index in [2.05, 4.69) is 10.7 Å². The summed E-state index contributed by atoms with van der Waals surface area (Å²) in [5.74, 6) is 4.31. The maximum absolute atomic E-state index is 9.69. The zero-order valence-corrected chi connectivity index (χ0v) is 3.70. The number of hydrogen-bond donors (Lipinski definition) is 1. The van der Waals surface area contributed by atoms with E-state index in [0.29, 0.717) is 0 Å². The lowest BCUT2D eigenvalue weighted by Crippen LogP contribution is -2.38. The first-order valence-electron chi connectivity index (χ1n) is 1.41. The third kappa shape index (κ3) is 2.45. The topological polar surface area (TPSA) is 87.9 Å². The largest absolute Gasteiger partial charge is 0.757 e. The van der Waals surface area contributed by atoms with Crippen molar-refractivity contribution in [1.82, 2.24) is 10.6 Å². The first kappa shape index (κ1) is 6.76. The minimum Gasteiger partial charge on any atom is -0.757 e. The van der Waals surface area contributed by atoms with Crippen LogP contribution in [0.2, 0.25) is 0 Å². The van der Waals surface area contributed by atoms with Gasteiger partial charge < -0.3 is 10.4 Å². The third-order valence-electron chi connectivity index (χ3n) is 0.317. The molecule has 0 radical (unpaired) electrons. The molecular weight excluding hydrogens is 102 g/mol. The summed E-state index contributed by atoms with van der Waals surface area (Å²) in [5, 5.41) is 18.4. The molecule has 6 heteroatoms. The molecule has 0 fully saturated rings. The van der Waals surface area contributed by atoms with Crippen molar-refractivity contribution in [1.29, 1.82) is 0 Å². The second kappa shape index (κ2) is 2.86. The molecule has 0 aliphatic rings. The van der Waals surface area contributed by atoms with E-state index in [1.165, 1.54) is 0 Å². The summed E-state index contributed by atoms with van der Waals surface area (Å²) in [4.78, 5) is 3.78. The van der Waals surface area contributed by atoms with Crippen LogP contribution in [0.15, 0.2) is 0 Å². The highest BCUT2D eigenvalue weighted by Crippen LogP contribution is 1.81. The van der Waals surface area contributed by atoms with Crippen LogP contribution in [-0.4, -0.2) is 17.7 Å². The minimum atomic E-state index is -0.472. The Labute approximate surface area is 40.1 Å². The zero-order valence-electron chi connectivity index (χ0n) is 3.70. The Morgan fingerprint density at radius 2 is 2.00 bits per heavy atom. The average Bonchev–Trinajstić information content (AvgIpc) is 1.65. The fraction of sp³-hybridized carbons (Fsp3) is 1.00. The van der Waals surface area contributed by atoms with Gasteiger partial charge in [0, 0.05) is 0 Å². The van der Waals surface area contributed by atoms with Crippen molar-refractivity contribution in [3.8, 4) is 0 Å². The van der Waals surface area contributed by atoms with E-state index in [4.69, 9.17) is 0 Å². The van der Waals surface area contributed by atoms with Crippen LogP contribution in [0.4, 0.5) is 0 Å². The summed E-state index contributed by atoms with van der Waals surface area (Å²) >= 11 is 0. The summed E-state index contributed by atoms with van der Waals surface area (Å²) in [6.45, 7) is 0. The fourth-order valence-electron chi connectivity index (χ4n) is 0.0805. The Balaban J connectivity index is 3.14. The second-order valence-corrected chi connectivity index (χ2v) is 0.723. The molecule has 0 aliphatic carbocycles. The summed E-state index contributed by atoms with van der Waals surface area (Å²) in [6, 6.07) is 0. The molecular formula is CH5N3O3-2. The molecule has 2 N–H and O–H groups in total. The molecule has 0 saturated carbocycles. The molecule has 0 rings (SSSR count). The SMILES string of the molecule is CON([O-])N(N)[O-]. The normalized spacial score (nSPS) is 11.1. The van der Waals surface area contributed by atoms with Crippen molar-refractivity contribution in [2.75, 3.05) is 7.11 Å². The monoisotopic (exact) mass is 107 g/mol. The minimum absolute atomic E-state index is 0.403. The van der Waals surface area contributed by atoms with E-state index in [1.54, 1.807) is 0 Å². The molecule has 0 saturated heterocycles. The maximum Gasteiger partial charge on any atom is 0.0579 e. The van der Waals surface area contributed by atoms with E-state index in [1.807, 2.05) is 0 Å². The maximum atomic E-state index is 9.69. The van der Waals surface area contributed by atoms with Crippen molar-refractivity contribution in [2.45, 2.75) is 0 Å². The molecule has 0 amide bonds. The summed E-state index contributed by atoms with van der Waals surface area (Å²) in [6.07, 6.45) is 0. The van der Waals surface area contributed by atoms with Gasteiger partial charge in [-0.25, -0.2) is 5.28 Å². The molecule has 44 valence electrons. The number of nitrogens with zero attached hydrogens (tertiary/aromatic N) is 2. The van der Waals surface area contributed by atoms with Gasteiger partial charge in [0.25, 0.3) is 0 Å². The molecule has 6 nitrogen and oxygen atoms in total. The molecule has 0 bridgehead atoms. The zero-order chi connectivity index (χ0) is 5.86. The molecule has 0 atom stereocenters. The van der Waals surface area contributed by atoms with Crippen LogP contribution in [0, 0.1) is 10.4 Å². The van der Waals surface area contributed by atoms with Crippen molar-refractivity contribution in [3.63, 3.8) is 0 Å². The molecule has 0 aromatic heterocycles. The van der Waals surface area contributed by atoms with E-state index in [9.17, 15) is 10.4 Å². The molecule has 0 aromatic rings. The van der Waals surface area contributed by atoms with Crippen LogP contribution in [-0.2, 0) is 4.84 Å². The first-order chi connectivity index (χ1) is 3.18. The van der Waals surface area contributed by atoms with Crippen LogP contribution in [0.25, 0.3) is 0 Å². The molecule has 0 unspecified atom stereocenters. The molecule has 0 aromatic carbocycles. The quantitative estimate of drug-likeness (QED) is 0.357. The third-order valence-corrected chi connectivity index (χ3v) is 0.317. The molecule has 0 heterocycles. The van der Waals surface area contributed by atoms with Gasteiger partial charge in [0.2, 0.25) is 0 Å². The van der Waals surface area contributed by atoms with Crippen molar-refractivity contribution in [2.24, 2.45) is 5.84 Å². The van der Waals surface area contributed by atoms with Gasteiger partial charge in [0.1, 0.15) is 0 Å². The van der Waals surface area contributed by atoms with Gasteiger partial charge in [-0.3, -0.25) is 10.7 Å². The van der Waals surface area contributed by atoms with Crippen LogP contribution < -0.4 is 5.84 Å². The second-order valence-electron chi connectivity index (χ2n) is 0.723. The highest BCUT2D eigenvalue weighted by Gasteiger charge is 1.77. The van der Waals surface area contributed by atoms with Gasteiger partial charge in [0.05, 0.1) is 7.11 Å². The molecule has 7 heavy (non-hydrogen) atoms. The molecule has 0 aliphatic heterocycles. The highest BCUT2D eigenvalue weighted by molar-refractivity contribution is 4.33. The van der Waals surface area contributed by atoms with Crippen molar-refractivity contribution in [3.05, 3.63) is 10.4 Å². The Bertz CT molecular complexity index is 47.4. The predicted molar refractivity (Wildman–Crippen MR) is 21.6 cm³/mol. The average molecular weight is 107 g/mol. The Kier molecular flexibility index (Phi) is 2.76. The Hall–Kier alpha value is -0.240. The Morgan fingerprint density at radius 1 is 1.57 bits per heavy atom. The summed E-state index contributed by atoms with van der Waals surface area (Å²) < 4.78 is 0. The van der Waals surface area contributed by atoms with E-state index in [-0.39, 0.29) is 0 Å². The lowest BCUT2D eigenvalue weighted by Gasteiger charge is -2.37. The Morgan fingerprint density at radius 3 is 2.00 bits per heavy atom. The highest BCUT2D eigenvalue weighted by atomic mass is 17.0.